The van der Waals surface area contributed by atoms with Crippen LogP contribution in [0.2, 0.25) is 0 Å². The molecular formula is C11H20N4O. The van der Waals surface area contributed by atoms with Crippen molar-refractivity contribution in [3.63, 3.8) is 0 Å². The van der Waals surface area contributed by atoms with Crippen LogP contribution in [0, 0.1) is 13.8 Å². The van der Waals surface area contributed by atoms with Gasteiger partial charge in [-0.3, -0.25) is 0 Å². The first-order valence-electron chi connectivity index (χ1n) is 5.63. The van der Waals surface area contributed by atoms with E-state index in [9.17, 15) is 0 Å². The van der Waals surface area contributed by atoms with Gasteiger partial charge in [0.1, 0.15) is 0 Å². The predicted molar refractivity (Wildman–Crippen MR) is 62.6 cm³/mol. The summed E-state index contributed by atoms with van der Waals surface area (Å²) in [5, 5.41) is 11.1. The van der Waals surface area contributed by atoms with Gasteiger partial charge in [-0.15, -0.1) is 5.10 Å². The fraction of sp³-hybridized carbons (Fsp3) is 0.727. The normalized spacial score (nSPS) is 10.8. The molecule has 1 heterocycles. The van der Waals surface area contributed by atoms with Crippen LogP contribution < -0.4 is 10.1 Å². The second-order valence-corrected chi connectivity index (χ2v) is 4.08. The lowest BCUT2D eigenvalue weighted by Crippen LogP contribution is -2.25. The third kappa shape index (κ3) is 4.53. The first-order chi connectivity index (χ1) is 7.59. The Bertz CT molecular complexity index is 328. The van der Waals surface area contributed by atoms with Crippen molar-refractivity contribution < 1.29 is 4.74 Å². The number of nitrogens with one attached hydrogen (secondary N) is 1. The third-order valence-electron chi connectivity index (χ3n) is 2.18. The Morgan fingerprint density at radius 3 is 2.56 bits per heavy atom. The lowest BCUT2D eigenvalue weighted by molar-refractivity contribution is 0.278. The van der Waals surface area contributed by atoms with E-state index in [1.165, 1.54) is 0 Å². The van der Waals surface area contributed by atoms with Crippen molar-refractivity contribution in [3.8, 4) is 6.01 Å². The zero-order valence-corrected chi connectivity index (χ0v) is 10.4. The van der Waals surface area contributed by atoms with Gasteiger partial charge < -0.3 is 10.1 Å². The van der Waals surface area contributed by atoms with Crippen LogP contribution in [-0.2, 0) is 0 Å². The first-order valence-corrected chi connectivity index (χ1v) is 5.63. The van der Waals surface area contributed by atoms with Crippen LogP contribution >= 0.6 is 0 Å². The number of aromatic nitrogens is 3. The van der Waals surface area contributed by atoms with Crippen molar-refractivity contribution in [1.29, 1.82) is 0 Å². The molecule has 0 saturated heterocycles. The van der Waals surface area contributed by atoms with Crippen LogP contribution in [0.3, 0.4) is 0 Å². The number of nitrogens with zero attached hydrogens (tertiary/aromatic N) is 3. The lowest BCUT2D eigenvalue weighted by atomic mass is 10.3. The smallest absolute Gasteiger partial charge is 0.335 e. The van der Waals surface area contributed by atoms with Crippen molar-refractivity contribution in [2.45, 2.75) is 40.2 Å². The van der Waals surface area contributed by atoms with Crippen LogP contribution in [0.15, 0.2) is 0 Å². The second kappa shape index (κ2) is 6.37. The molecule has 0 unspecified atom stereocenters. The molecule has 1 aromatic heterocycles. The van der Waals surface area contributed by atoms with Crippen molar-refractivity contribution in [3.05, 3.63) is 11.4 Å². The molecule has 0 aliphatic heterocycles. The molecule has 0 atom stereocenters. The molecule has 1 N–H and O–H groups in total. The maximum Gasteiger partial charge on any atom is 0.335 e. The molecule has 0 aromatic carbocycles. The molecule has 5 heteroatoms. The van der Waals surface area contributed by atoms with Crippen LogP contribution in [-0.4, -0.2) is 34.4 Å². The van der Waals surface area contributed by atoms with Crippen LogP contribution in [0.1, 0.15) is 31.7 Å². The van der Waals surface area contributed by atoms with E-state index in [0.29, 0.717) is 18.7 Å². The topological polar surface area (TPSA) is 59.9 Å². The number of hydrogen-bond donors (Lipinski definition) is 1. The highest BCUT2D eigenvalue weighted by Crippen LogP contribution is 2.04. The van der Waals surface area contributed by atoms with E-state index >= 15 is 0 Å². The standard InChI is InChI=1S/C11H20N4O/c1-8(2)12-6-5-7-16-11-13-9(3)10(4)14-15-11/h8,12H,5-7H2,1-4H3. The van der Waals surface area contributed by atoms with E-state index < -0.39 is 0 Å². The Labute approximate surface area is 96.6 Å². The Balaban J connectivity index is 2.24. The van der Waals surface area contributed by atoms with E-state index in [0.717, 1.165) is 24.4 Å². The van der Waals surface area contributed by atoms with Gasteiger partial charge >= 0.3 is 6.01 Å². The Morgan fingerprint density at radius 1 is 1.19 bits per heavy atom. The van der Waals surface area contributed by atoms with Crippen molar-refractivity contribution in [2.75, 3.05) is 13.2 Å². The monoisotopic (exact) mass is 224 g/mol. The number of rotatable bonds is 6. The summed E-state index contributed by atoms with van der Waals surface area (Å²) < 4.78 is 5.40. The molecule has 1 aromatic rings. The number of aryl methyl sites for hydroxylation is 2. The minimum Gasteiger partial charge on any atom is -0.462 e. The fourth-order valence-corrected chi connectivity index (χ4v) is 1.12. The third-order valence-corrected chi connectivity index (χ3v) is 2.18. The minimum atomic E-state index is 0.368. The molecule has 0 spiro atoms. The number of hydrogen-bond acceptors (Lipinski definition) is 5. The van der Waals surface area contributed by atoms with Crippen molar-refractivity contribution in [1.82, 2.24) is 20.5 Å². The summed E-state index contributed by atoms with van der Waals surface area (Å²) in [6.45, 7) is 9.58. The second-order valence-electron chi connectivity index (χ2n) is 4.08. The van der Waals surface area contributed by atoms with Gasteiger partial charge in [0.25, 0.3) is 0 Å². The Hall–Kier alpha value is -1.23. The number of ether oxygens (including phenoxy) is 1. The Morgan fingerprint density at radius 2 is 1.94 bits per heavy atom. The van der Waals surface area contributed by atoms with Crippen LogP contribution in [0.5, 0.6) is 6.01 Å². The van der Waals surface area contributed by atoms with Crippen molar-refractivity contribution >= 4 is 0 Å². The minimum absolute atomic E-state index is 0.368. The summed E-state index contributed by atoms with van der Waals surface area (Å²) in [5.41, 5.74) is 1.71. The largest absolute Gasteiger partial charge is 0.462 e. The zero-order chi connectivity index (χ0) is 12.0. The summed E-state index contributed by atoms with van der Waals surface area (Å²) in [7, 11) is 0. The SMILES string of the molecule is Cc1nnc(OCCCNC(C)C)nc1C. The summed E-state index contributed by atoms with van der Waals surface area (Å²) in [5.74, 6) is 0. The molecule has 0 aliphatic carbocycles. The first kappa shape index (κ1) is 12.8. The molecular weight excluding hydrogens is 204 g/mol. The molecule has 0 aliphatic rings. The van der Waals surface area contributed by atoms with E-state index in [1.807, 2.05) is 13.8 Å². The van der Waals surface area contributed by atoms with E-state index in [-0.39, 0.29) is 0 Å². The van der Waals surface area contributed by atoms with E-state index in [1.54, 1.807) is 0 Å². The molecule has 0 amide bonds. The molecule has 0 radical (unpaired) electrons. The average molecular weight is 224 g/mol. The highest BCUT2D eigenvalue weighted by atomic mass is 16.5. The van der Waals surface area contributed by atoms with Crippen molar-refractivity contribution in [2.24, 2.45) is 0 Å². The molecule has 90 valence electrons. The summed E-state index contributed by atoms with van der Waals surface area (Å²) in [6.07, 6.45) is 0.939. The summed E-state index contributed by atoms with van der Waals surface area (Å²) >= 11 is 0. The van der Waals surface area contributed by atoms with Gasteiger partial charge in [-0.05, 0) is 26.8 Å². The quantitative estimate of drug-likeness (QED) is 0.737. The molecule has 1 rings (SSSR count). The highest BCUT2D eigenvalue weighted by Gasteiger charge is 2.01. The van der Waals surface area contributed by atoms with Gasteiger partial charge in [0.2, 0.25) is 0 Å². The Kier molecular flexibility index (Phi) is 5.11. The van der Waals surface area contributed by atoms with Gasteiger partial charge in [0.05, 0.1) is 18.0 Å². The molecule has 5 nitrogen and oxygen atoms in total. The van der Waals surface area contributed by atoms with Gasteiger partial charge in [0, 0.05) is 6.04 Å². The van der Waals surface area contributed by atoms with Crippen LogP contribution in [0.4, 0.5) is 0 Å². The van der Waals surface area contributed by atoms with E-state index in [2.05, 4.69) is 34.3 Å². The zero-order valence-electron chi connectivity index (χ0n) is 10.4. The van der Waals surface area contributed by atoms with E-state index in [4.69, 9.17) is 4.74 Å². The van der Waals surface area contributed by atoms with Gasteiger partial charge in [-0.1, -0.05) is 18.9 Å². The highest BCUT2D eigenvalue weighted by molar-refractivity contribution is 5.07. The molecule has 0 saturated carbocycles. The lowest BCUT2D eigenvalue weighted by Gasteiger charge is -2.08. The summed E-state index contributed by atoms with van der Waals surface area (Å²) in [6, 6.07) is 0.882. The van der Waals surface area contributed by atoms with Gasteiger partial charge in [-0.2, -0.15) is 4.98 Å². The van der Waals surface area contributed by atoms with Gasteiger partial charge in [0.15, 0.2) is 0 Å². The molecule has 16 heavy (non-hydrogen) atoms. The van der Waals surface area contributed by atoms with Gasteiger partial charge in [-0.25, -0.2) is 0 Å². The average Bonchev–Trinajstić information content (AvgIpc) is 2.22. The predicted octanol–water partition coefficient (Wildman–Crippen LogP) is 1.26. The molecule has 0 bridgehead atoms. The molecule has 0 fully saturated rings. The maximum atomic E-state index is 5.40. The van der Waals surface area contributed by atoms with Crippen LogP contribution in [0.25, 0.3) is 0 Å². The fourth-order valence-electron chi connectivity index (χ4n) is 1.12. The summed E-state index contributed by atoms with van der Waals surface area (Å²) in [4.78, 5) is 4.19. The maximum absolute atomic E-state index is 5.40.